The summed E-state index contributed by atoms with van der Waals surface area (Å²) in [4.78, 5) is 0. The van der Waals surface area contributed by atoms with Gasteiger partial charge in [-0.25, -0.2) is 4.39 Å². The van der Waals surface area contributed by atoms with Crippen molar-refractivity contribution in [1.29, 1.82) is 0 Å². The highest BCUT2D eigenvalue weighted by Crippen LogP contribution is 2.47. The quantitative estimate of drug-likeness (QED) is 0.450. The molecule has 1 nitrogen and oxygen atoms in total. The first-order chi connectivity index (χ1) is 14.5. The average Bonchev–Trinajstić information content (AvgIpc) is 2.75. The van der Waals surface area contributed by atoms with Gasteiger partial charge in [0.05, 0.1) is 11.7 Å². The van der Waals surface area contributed by atoms with Crippen LogP contribution in [0.2, 0.25) is 0 Å². The molecule has 0 aliphatic heterocycles. The Morgan fingerprint density at radius 1 is 0.933 bits per heavy atom. The highest BCUT2D eigenvalue weighted by atomic mass is 19.1. The first-order valence-corrected chi connectivity index (χ1v) is 10.3. The highest BCUT2D eigenvalue weighted by Gasteiger charge is 2.40. The lowest BCUT2D eigenvalue weighted by Gasteiger charge is -2.38. The van der Waals surface area contributed by atoms with Gasteiger partial charge in [-0.3, -0.25) is 0 Å². The lowest BCUT2D eigenvalue weighted by atomic mass is 9.64. The fraction of sp³-hybridized carbons (Fsp3) is 0.214. The van der Waals surface area contributed by atoms with E-state index in [2.05, 4.69) is 74.3 Å². The van der Waals surface area contributed by atoms with Crippen LogP contribution in [0.1, 0.15) is 29.2 Å². The van der Waals surface area contributed by atoms with Crippen LogP contribution in [0.4, 0.5) is 4.39 Å². The minimum absolute atomic E-state index is 0.566. The molecule has 156 valence electrons. The lowest BCUT2D eigenvalue weighted by Crippen LogP contribution is -2.32. The van der Waals surface area contributed by atoms with Gasteiger partial charge in [0.15, 0.2) is 0 Å². The molecule has 0 atom stereocenters. The topological polar surface area (TPSA) is 12.0 Å². The van der Waals surface area contributed by atoms with Crippen LogP contribution in [0.3, 0.4) is 0 Å². The Hall–Kier alpha value is -2.97. The molecule has 1 N–H and O–H groups in total. The molecule has 0 saturated heterocycles. The van der Waals surface area contributed by atoms with Crippen LogP contribution in [0, 0.1) is 13.8 Å². The van der Waals surface area contributed by atoms with Gasteiger partial charge in [0, 0.05) is 6.54 Å². The van der Waals surface area contributed by atoms with E-state index in [4.69, 9.17) is 0 Å². The number of likely N-dealkylation sites (N-methyl/N-ethyl adjacent to an activating group) is 1. The molecule has 0 spiro atoms. The lowest BCUT2D eigenvalue weighted by molar-refractivity contribution is 0.661. The van der Waals surface area contributed by atoms with Crippen molar-refractivity contribution in [3.63, 3.8) is 0 Å². The van der Waals surface area contributed by atoms with Gasteiger partial charge in [-0.05, 0) is 50.1 Å². The molecular weight excluding hydrogens is 369 g/mol. The summed E-state index contributed by atoms with van der Waals surface area (Å²) in [6.45, 7) is 10.7. The van der Waals surface area contributed by atoms with E-state index in [-0.39, 0.29) is 0 Å². The van der Waals surface area contributed by atoms with E-state index in [0.717, 1.165) is 34.2 Å². The number of halogens is 1. The monoisotopic (exact) mass is 401 g/mol. The van der Waals surface area contributed by atoms with E-state index in [1.807, 2.05) is 44.4 Å². The highest BCUT2D eigenvalue weighted by molar-refractivity contribution is 5.63. The molecule has 2 rings (SSSR count). The van der Waals surface area contributed by atoms with Gasteiger partial charge in [-0.2, -0.15) is 0 Å². The van der Waals surface area contributed by atoms with E-state index in [1.165, 1.54) is 0 Å². The van der Waals surface area contributed by atoms with E-state index < -0.39 is 5.41 Å². The minimum atomic E-state index is -0.818. The molecule has 0 aliphatic carbocycles. The summed E-state index contributed by atoms with van der Waals surface area (Å²) in [5.41, 5.74) is 5.02. The van der Waals surface area contributed by atoms with Crippen molar-refractivity contribution in [2.75, 3.05) is 13.6 Å². The number of hydrogen-bond acceptors (Lipinski definition) is 1. The molecular formula is C28H32FN. The summed E-state index contributed by atoms with van der Waals surface area (Å²) in [5, 5.41) is 3.09. The summed E-state index contributed by atoms with van der Waals surface area (Å²) in [6.07, 6.45) is 12.3. The van der Waals surface area contributed by atoms with E-state index in [9.17, 15) is 4.39 Å². The molecule has 0 bridgehead atoms. The Balaban J connectivity index is 2.99. The predicted molar refractivity (Wildman–Crippen MR) is 128 cm³/mol. The summed E-state index contributed by atoms with van der Waals surface area (Å²) in [6, 6.07) is 16.7. The molecule has 2 heteroatoms. The molecule has 0 unspecified atom stereocenters. The van der Waals surface area contributed by atoms with Crippen LogP contribution in [0.15, 0.2) is 109 Å². The molecule has 2 aromatic carbocycles. The third kappa shape index (κ3) is 4.95. The number of nitrogens with one attached hydrogen (secondary N) is 1. The maximum atomic E-state index is 14.6. The second kappa shape index (κ2) is 11.3. The second-order valence-corrected chi connectivity index (χ2v) is 7.36. The number of allylic oxidation sites excluding steroid dienone is 7. The Bertz CT molecular complexity index is 896. The van der Waals surface area contributed by atoms with Crippen LogP contribution < -0.4 is 5.32 Å². The van der Waals surface area contributed by atoms with Gasteiger partial charge in [-0.1, -0.05) is 103 Å². The SMILES string of the molecule is C=C/C=C(\C=C/C)C(C(/C=C\CNC)=C/F)(c1ccc(C)cc1)c1ccc(C)cc1. The number of aryl methyl sites for hydroxylation is 2. The van der Waals surface area contributed by atoms with Crippen molar-refractivity contribution in [1.82, 2.24) is 5.32 Å². The standard InChI is InChI=1S/C28H32FN/c1-6-9-24(10-7-2)28(25-16-12-22(3)13-17-25,26-18-14-23(4)15-19-26)27(21-29)11-8-20-30-5/h6-19,21,30H,1,20H2,2-5H3/b10-7-,11-8-,24-9+,27-21+. The maximum absolute atomic E-state index is 14.6. The van der Waals surface area contributed by atoms with Crippen LogP contribution in [-0.4, -0.2) is 13.6 Å². The van der Waals surface area contributed by atoms with Gasteiger partial charge in [0.2, 0.25) is 0 Å². The van der Waals surface area contributed by atoms with E-state index >= 15 is 0 Å². The summed E-state index contributed by atoms with van der Waals surface area (Å²) >= 11 is 0. The fourth-order valence-electron chi connectivity index (χ4n) is 3.77. The zero-order valence-corrected chi connectivity index (χ0v) is 18.5. The average molecular weight is 402 g/mol. The summed E-state index contributed by atoms with van der Waals surface area (Å²) < 4.78 is 14.6. The van der Waals surface area contributed by atoms with Crippen molar-refractivity contribution in [3.8, 4) is 0 Å². The van der Waals surface area contributed by atoms with Gasteiger partial charge in [-0.15, -0.1) is 0 Å². The van der Waals surface area contributed by atoms with Gasteiger partial charge >= 0.3 is 0 Å². The molecule has 0 aromatic heterocycles. The molecule has 0 aliphatic rings. The summed E-state index contributed by atoms with van der Waals surface area (Å²) in [7, 11) is 1.87. The Kier molecular flexibility index (Phi) is 8.76. The number of rotatable bonds is 9. The largest absolute Gasteiger partial charge is 0.316 e. The van der Waals surface area contributed by atoms with Crippen molar-refractivity contribution in [2.45, 2.75) is 26.2 Å². The zero-order chi connectivity index (χ0) is 22.0. The Morgan fingerprint density at radius 2 is 1.47 bits per heavy atom. The van der Waals surface area contributed by atoms with E-state index in [1.54, 1.807) is 6.08 Å². The van der Waals surface area contributed by atoms with Gasteiger partial charge in [0.25, 0.3) is 0 Å². The van der Waals surface area contributed by atoms with Gasteiger partial charge in [0.1, 0.15) is 0 Å². The van der Waals surface area contributed by atoms with Crippen LogP contribution >= 0.6 is 0 Å². The Labute approximate surface area is 181 Å². The van der Waals surface area contributed by atoms with Crippen LogP contribution in [0.5, 0.6) is 0 Å². The molecule has 0 radical (unpaired) electrons. The third-order valence-corrected chi connectivity index (χ3v) is 5.22. The van der Waals surface area contributed by atoms with Gasteiger partial charge < -0.3 is 5.32 Å². The second-order valence-electron chi connectivity index (χ2n) is 7.36. The predicted octanol–water partition coefficient (Wildman–Crippen LogP) is 6.91. The first-order valence-electron chi connectivity index (χ1n) is 10.3. The van der Waals surface area contributed by atoms with E-state index in [0.29, 0.717) is 12.1 Å². The third-order valence-electron chi connectivity index (χ3n) is 5.22. The smallest absolute Gasteiger partial charge is 0.0914 e. The normalized spacial score (nSPS) is 13.4. The van der Waals surface area contributed by atoms with Crippen molar-refractivity contribution >= 4 is 0 Å². The van der Waals surface area contributed by atoms with Crippen LogP contribution in [-0.2, 0) is 5.41 Å². The number of hydrogen-bond donors (Lipinski definition) is 1. The van der Waals surface area contributed by atoms with Crippen molar-refractivity contribution < 1.29 is 4.39 Å². The zero-order valence-electron chi connectivity index (χ0n) is 18.5. The molecule has 0 fully saturated rings. The summed E-state index contributed by atoms with van der Waals surface area (Å²) in [5.74, 6) is 0. The molecule has 2 aromatic rings. The molecule has 0 amide bonds. The maximum Gasteiger partial charge on any atom is 0.0914 e. The number of benzene rings is 2. The fourth-order valence-corrected chi connectivity index (χ4v) is 3.77. The minimum Gasteiger partial charge on any atom is -0.316 e. The van der Waals surface area contributed by atoms with Crippen molar-refractivity contribution in [3.05, 3.63) is 131 Å². The molecule has 30 heavy (non-hydrogen) atoms. The Morgan fingerprint density at radius 3 is 1.87 bits per heavy atom. The van der Waals surface area contributed by atoms with Crippen molar-refractivity contribution in [2.24, 2.45) is 0 Å². The molecule has 0 saturated carbocycles. The first kappa shape index (κ1) is 23.3. The molecule has 0 heterocycles. The van der Waals surface area contributed by atoms with Crippen LogP contribution in [0.25, 0.3) is 0 Å².